The molecule has 5 nitrogen and oxygen atoms in total. The van der Waals surface area contributed by atoms with Gasteiger partial charge in [-0.3, -0.25) is 9.20 Å². The molecule has 0 atom stereocenters. The molecule has 130 valence electrons. The molecular formula is C19H14BrN3O2S. The number of thiazole rings is 1. The van der Waals surface area contributed by atoms with Crippen LogP contribution in [0.5, 0.6) is 5.75 Å². The second-order valence-corrected chi connectivity index (χ2v) is 7.34. The summed E-state index contributed by atoms with van der Waals surface area (Å²) in [5.41, 5.74) is 3.08. The van der Waals surface area contributed by atoms with Crippen molar-refractivity contribution in [3.05, 3.63) is 70.3 Å². The molecule has 0 bridgehead atoms. The Labute approximate surface area is 162 Å². The van der Waals surface area contributed by atoms with Crippen LogP contribution in [0.4, 0.5) is 5.69 Å². The summed E-state index contributed by atoms with van der Waals surface area (Å²) in [4.78, 5) is 18.0. The van der Waals surface area contributed by atoms with Gasteiger partial charge in [0.1, 0.15) is 11.4 Å². The van der Waals surface area contributed by atoms with Crippen LogP contribution in [-0.2, 0) is 0 Å². The van der Waals surface area contributed by atoms with Crippen molar-refractivity contribution in [2.24, 2.45) is 0 Å². The molecule has 0 unspecified atom stereocenters. The molecule has 0 saturated heterocycles. The summed E-state index contributed by atoms with van der Waals surface area (Å²) < 4.78 is 7.91. The van der Waals surface area contributed by atoms with Gasteiger partial charge in [-0.15, -0.1) is 11.3 Å². The van der Waals surface area contributed by atoms with Crippen LogP contribution in [0.2, 0.25) is 0 Å². The van der Waals surface area contributed by atoms with Gasteiger partial charge in [0.25, 0.3) is 5.91 Å². The summed E-state index contributed by atoms with van der Waals surface area (Å²) in [6.45, 7) is 0. The summed E-state index contributed by atoms with van der Waals surface area (Å²) in [5, 5.41) is 4.73. The largest absolute Gasteiger partial charge is 0.497 e. The third-order valence-electron chi connectivity index (χ3n) is 3.91. The lowest BCUT2D eigenvalue weighted by atomic mass is 10.2. The summed E-state index contributed by atoms with van der Waals surface area (Å²) in [6.07, 6.45) is 1.88. The van der Waals surface area contributed by atoms with Gasteiger partial charge in [-0.25, -0.2) is 4.98 Å². The minimum atomic E-state index is -0.173. The fourth-order valence-electron chi connectivity index (χ4n) is 2.61. The first-order chi connectivity index (χ1) is 12.6. The third kappa shape index (κ3) is 3.23. The number of halogens is 1. The lowest BCUT2D eigenvalue weighted by Gasteiger charge is -2.04. The van der Waals surface area contributed by atoms with Gasteiger partial charge in [0.05, 0.1) is 12.8 Å². The SMILES string of the molecule is COc1ccc(-c2cn3c(C(=O)Nc4cccc(Br)c4)csc3n2)cc1. The van der Waals surface area contributed by atoms with Crippen molar-refractivity contribution in [2.45, 2.75) is 0 Å². The van der Waals surface area contributed by atoms with E-state index in [1.165, 1.54) is 11.3 Å². The van der Waals surface area contributed by atoms with Crippen LogP contribution < -0.4 is 10.1 Å². The number of imidazole rings is 1. The molecule has 0 aliphatic heterocycles. The molecule has 26 heavy (non-hydrogen) atoms. The van der Waals surface area contributed by atoms with E-state index in [0.717, 1.165) is 32.1 Å². The third-order valence-corrected chi connectivity index (χ3v) is 5.24. The van der Waals surface area contributed by atoms with Crippen molar-refractivity contribution in [3.8, 4) is 17.0 Å². The summed E-state index contributed by atoms with van der Waals surface area (Å²) in [6, 6.07) is 15.2. The van der Waals surface area contributed by atoms with E-state index in [-0.39, 0.29) is 5.91 Å². The lowest BCUT2D eigenvalue weighted by Crippen LogP contribution is -2.13. The van der Waals surface area contributed by atoms with Crippen molar-refractivity contribution < 1.29 is 9.53 Å². The molecule has 0 aliphatic rings. The maximum atomic E-state index is 12.6. The minimum Gasteiger partial charge on any atom is -0.497 e. The number of fused-ring (bicyclic) bond motifs is 1. The van der Waals surface area contributed by atoms with E-state index in [0.29, 0.717) is 5.69 Å². The molecule has 4 rings (SSSR count). The number of methoxy groups -OCH3 is 1. The molecule has 0 aliphatic carbocycles. The number of carbonyl (C=O) groups is 1. The molecule has 2 aromatic heterocycles. The van der Waals surface area contributed by atoms with E-state index in [9.17, 15) is 4.79 Å². The summed E-state index contributed by atoms with van der Waals surface area (Å²) >= 11 is 4.84. The van der Waals surface area contributed by atoms with E-state index in [2.05, 4.69) is 26.2 Å². The maximum Gasteiger partial charge on any atom is 0.273 e. The summed E-state index contributed by atoms with van der Waals surface area (Å²) in [7, 11) is 1.64. The number of nitrogens with one attached hydrogen (secondary N) is 1. The van der Waals surface area contributed by atoms with Crippen LogP contribution in [-0.4, -0.2) is 22.4 Å². The molecule has 0 saturated carbocycles. The molecule has 7 heteroatoms. The highest BCUT2D eigenvalue weighted by molar-refractivity contribution is 9.10. The van der Waals surface area contributed by atoms with E-state index < -0.39 is 0 Å². The fraction of sp³-hybridized carbons (Fsp3) is 0.0526. The minimum absolute atomic E-state index is 0.173. The number of amides is 1. The monoisotopic (exact) mass is 427 g/mol. The average molecular weight is 428 g/mol. The van der Waals surface area contributed by atoms with Crippen LogP contribution >= 0.6 is 27.3 Å². The number of hydrogen-bond donors (Lipinski definition) is 1. The van der Waals surface area contributed by atoms with Crippen LogP contribution in [0.3, 0.4) is 0 Å². The molecule has 0 fully saturated rings. The van der Waals surface area contributed by atoms with E-state index in [4.69, 9.17) is 4.74 Å². The smallest absolute Gasteiger partial charge is 0.273 e. The van der Waals surface area contributed by atoms with Crippen molar-refractivity contribution in [1.82, 2.24) is 9.38 Å². The predicted octanol–water partition coefficient (Wildman–Crippen LogP) is 5.09. The van der Waals surface area contributed by atoms with Crippen molar-refractivity contribution >= 4 is 43.8 Å². The highest BCUT2D eigenvalue weighted by Crippen LogP contribution is 2.26. The topological polar surface area (TPSA) is 55.6 Å². The molecule has 0 spiro atoms. The summed E-state index contributed by atoms with van der Waals surface area (Å²) in [5.74, 6) is 0.622. The van der Waals surface area contributed by atoms with E-state index >= 15 is 0 Å². The van der Waals surface area contributed by atoms with Gasteiger partial charge in [-0.2, -0.15) is 0 Å². The lowest BCUT2D eigenvalue weighted by molar-refractivity contribution is 0.102. The Morgan fingerprint density at radius 3 is 2.77 bits per heavy atom. The Balaban J connectivity index is 1.64. The molecule has 2 heterocycles. The Morgan fingerprint density at radius 1 is 1.23 bits per heavy atom. The number of nitrogens with zero attached hydrogens (tertiary/aromatic N) is 2. The highest BCUT2D eigenvalue weighted by atomic mass is 79.9. The zero-order valence-corrected chi connectivity index (χ0v) is 16.2. The fourth-order valence-corrected chi connectivity index (χ4v) is 3.86. The predicted molar refractivity (Wildman–Crippen MR) is 107 cm³/mol. The number of ether oxygens (including phenoxy) is 1. The van der Waals surface area contributed by atoms with Crippen LogP contribution in [0.1, 0.15) is 10.5 Å². The van der Waals surface area contributed by atoms with Gasteiger partial charge in [0, 0.05) is 27.3 Å². The average Bonchev–Trinajstić information content (AvgIpc) is 3.22. The van der Waals surface area contributed by atoms with Gasteiger partial charge < -0.3 is 10.1 Å². The maximum absolute atomic E-state index is 12.6. The first kappa shape index (κ1) is 16.8. The number of aromatic nitrogens is 2. The molecular weight excluding hydrogens is 414 g/mol. The molecule has 1 amide bonds. The first-order valence-electron chi connectivity index (χ1n) is 7.82. The number of rotatable bonds is 4. The normalized spacial score (nSPS) is 10.8. The van der Waals surface area contributed by atoms with Gasteiger partial charge in [0.15, 0.2) is 4.96 Å². The zero-order valence-electron chi connectivity index (χ0n) is 13.8. The van der Waals surface area contributed by atoms with Crippen molar-refractivity contribution in [2.75, 3.05) is 12.4 Å². The zero-order chi connectivity index (χ0) is 18.1. The van der Waals surface area contributed by atoms with E-state index in [1.54, 1.807) is 7.11 Å². The number of anilines is 1. The van der Waals surface area contributed by atoms with Crippen molar-refractivity contribution in [1.29, 1.82) is 0 Å². The van der Waals surface area contributed by atoms with Crippen molar-refractivity contribution in [3.63, 3.8) is 0 Å². The Hall–Kier alpha value is -2.64. The molecule has 4 aromatic rings. The van der Waals surface area contributed by atoms with E-state index in [1.807, 2.05) is 64.5 Å². The Bertz CT molecular complexity index is 1090. The first-order valence-corrected chi connectivity index (χ1v) is 9.49. The van der Waals surface area contributed by atoms with Gasteiger partial charge in [0.2, 0.25) is 0 Å². The van der Waals surface area contributed by atoms with Crippen LogP contribution in [0, 0.1) is 0 Å². The molecule has 0 radical (unpaired) electrons. The second kappa shape index (κ2) is 6.93. The second-order valence-electron chi connectivity index (χ2n) is 5.59. The highest BCUT2D eigenvalue weighted by Gasteiger charge is 2.15. The van der Waals surface area contributed by atoms with Crippen LogP contribution in [0.25, 0.3) is 16.2 Å². The molecule has 2 aromatic carbocycles. The Kier molecular flexibility index (Phi) is 4.48. The van der Waals surface area contributed by atoms with Gasteiger partial charge in [-0.05, 0) is 42.5 Å². The quantitative estimate of drug-likeness (QED) is 0.493. The Morgan fingerprint density at radius 2 is 2.04 bits per heavy atom. The number of benzene rings is 2. The number of carbonyl (C=O) groups excluding carboxylic acids is 1. The van der Waals surface area contributed by atoms with Gasteiger partial charge >= 0.3 is 0 Å². The number of hydrogen-bond acceptors (Lipinski definition) is 4. The molecule has 1 N–H and O–H groups in total. The van der Waals surface area contributed by atoms with Gasteiger partial charge in [-0.1, -0.05) is 22.0 Å². The van der Waals surface area contributed by atoms with Crippen LogP contribution in [0.15, 0.2) is 64.6 Å². The standard InChI is InChI=1S/C19H14BrN3O2S/c1-25-15-7-5-12(6-8-15)16-10-23-17(11-26-19(23)22-16)18(24)21-14-4-2-3-13(20)9-14/h2-11H,1H3,(H,21,24).